The Morgan fingerprint density at radius 1 is 1.37 bits per heavy atom. The predicted octanol–water partition coefficient (Wildman–Crippen LogP) is 0.721. The van der Waals surface area contributed by atoms with Gasteiger partial charge in [-0.25, -0.2) is 4.79 Å². The molecule has 2 aromatic rings. The molecule has 0 spiro atoms. The molecule has 3 rings (SSSR count). The van der Waals surface area contributed by atoms with Gasteiger partial charge in [0, 0.05) is 12.0 Å². The van der Waals surface area contributed by atoms with Crippen molar-refractivity contribution in [2.45, 2.75) is 6.42 Å². The second kappa shape index (κ2) is 4.41. The van der Waals surface area contributed by atoms with Crippen LogP contribution in [0.3, 0.4) is 0 Å². The maximum absolute atomic E-state index is 11.5. The molecule has 8 heteroatoms. The van der Waals surface area contributed by atoms with Crippen LogP contribution in [-0.2, 0) is 11.2 Å². The Bertz CT molecular complexity index is 650. The number of tetrazole rings is 1. The van der Waals surface area contributed by atoms with E-state index >= 15 is 0 Å². The summed E-state index contributed by atoms with van der Waals surface area (Å²) in [6.07, 6.45) is 0.382. The summed E-state index contributed by atoms with van der Waals surface area (Å²) in [5, 5.41) is 19.7. The molecular weight excluding hydrogens is 252 g/mol. The van der Waals surface area contributed by atoms with Crippen LogP contribution in [0.25, 0.3) is 5.76 Å². The van der Waals surface area contributed by atoms with Crippen LogP contribution in [0, 0.1) is 0 Å². The third-order valence-corrected chi connectivity index (χ3v) is 2.57. The zero-order chi connectivity index (χ0) is 13.2. The van der Waals surface area contributed by atoms with E-state index in [-0.39, 0.29) is 11.5 Å². The Labute approximate surface area is 106 Å². The number of nitrogens with zero attached hydrogens (tertiary/aromatic N) is 4. The Morgan fingerprint density at radius 2 is 2.21 bits per heavy atom. The molecule has 0 radical (unpaired) electrons. The standard InChI is InChI=1S/C11H8N4O4/c16-9-5-7-3-1-2-4-8(7)10(9)18-11(17)19-15-6-12-13-14-15/h1-4,6,16H,5H2. The van der Waals surface area contributed by atoms with Gasteiger partial charge in [0.15, 0.2) is 12.1 Å². The minimum absolute atomic E-state index is 0.0186. The number of rotatable bonds is 2. The number of allylic oxidation sites excluding steroid dienone is 1. The fourth-order valence-electron chi connectivity index (χ4n) is 1.80. The quantitative estimate of drug-likeness (QED) is 0.627. The van der Waals surface area contributed by atoms with Crippen molar-refractivity contribution in [3.8, 4) is 0 Å². The number of carbonyl (C=O) groups excluding carboxylic acids is 1. The summed E-state index contributed by atoms with van der Waals surface area (Å²) in [6.45, 7) is 0. The maximum Gasteiger partial charge on any atom is 0.540 e. The Morgan fingerprint density at radius 3 is 3.00 bits per heavy atom. The average Bonchev–Trinajstić information content (AvgIpc) is 2.99. The summed E-state index contributed by atoms with van der Waals surface area (Å²) in [5.41, 5.74) is 1.54. The van der Waals surface area contributed by atoms with E-state index in [0.717, 1.165) is 16.7 Å². The van der Waals surface area contributed by atoms with Crippen molar-refractivity contribution in [3.63, 3.8) is 0 Å². The third-order valence-electron chi connectivity index (χ3n) is 2.57. The first-order chi connectivity index (χ1) is 9.24. The molecule has 1 aliphatic rings. The number of carbonyl (C=O) groups is 1. The van der Waals surface area contributed by atoms with E-state index in [2.05, 4.69) is 20.4 Å². The highest BCUT2D eigenvalue weighted by Crippen LogP contribution is 2.32. The molecule has 0 atom stereocenters. The molecule has 8 nitrogen and oxygen atoms in total. The molecule has 1 heterocycles. The molecule has 0 amide bonds. The highest BCUT2D eigenvalue weighted by molar-refractivity contribution is 5.78. The highest BCUT2D eigenvalue weighted by atomic mass is 16.8. The van der Waals surface area contributed by atoms with Gasteiger partial charge in [0.2, 0.25) is 0 Å². The number of fused-ring (bicyclic) bond motifs is 1. The molecule has 1 N–H and O–H groups in total. The van der Waals surface area contributed by atoms with Crippen molar-refractivity contribution in [1.29, 1.82) is 0 Å². The summed E-state index contributed by atoms with van der Waals surface area (Å²) in [7, 11) is 0. The molecular formula is C11H8N4O4. The normalized spacial score (nSPS) is 13.3. The van der Waals surface area contributed by atoms with Gasteiger partial charge in [0.1, 0.15) is 5.76 Å². The SMILES string of the molecule is O=C(OC1=C(O)Cc2ccccc21)On1cnnn1. The monoisotopic (exact) mass is 260 g/mol. The summed E-state index contributed by atoms with van der Waals surface area (Å²) in [6, 6.07) is 7.22. The number of aliphatic hydroxyl groups excluding tert-OH is 1. The van der Waals surface area contributed by atoms with E-state index in [9.17, 15) is 9.90 Å². The van der Waals surface area contributed by atoms with Gasteiger partial charge in [-0.2, -0.15) is 0 Å². The number of benzene rings is 1. The van der Waals surface area contributed by atoms with E-state index in [4.69, 9.17) is 4.74 Å². The van der Waals surface area contributed by atoms with Gasteiger partial charge in [-0.3, -0.25) is 4.84 Å². The van der Waals surface area contributed by atoms with E-state index in [1.54, 1.807) is 12.1 Å². The minimum Gasteiger partial charge on any atom is -0.508 e. The molecule has 0 fully saturated rings. The number of hydrogen-bond acceptors (Lipinski definition) is 7. The van der Waals surface area contributed by atoms with Crippen LogP contribution in [0.15, 0.2) is 36.4 Å². The summed E-state index contributed by atoms with van der Waals surface area (Å²) >= 11 is 0. The molecule has 0 bridgehead atoms. The molecule has 96 valence electrons. The van der Waals surface area contributed by atoms with Gasteiger partial charge in [0.05, 0.1) is 0 Å². The van der Waals surface area contributed by atoms with Crippen LogP contribution >= 0.6 is 0 Å². The molecule has 1 aliphatic carbocycles. The maximum atomic E-state index is 11.5. The fraction of sp³-hybridized carbons (Fsp3) is 0.0909. The van der Waals surface area contributed by atoms with Crippen molar-refractivity contribution in [2.75, 3.05) is 0 Å². The molecule has 0 saturated heterocycles. The lowest BCUT2D eigenvalue weighted by molar-refractivity contribution is 0.0640. The smallest absolute Gasteiger partial charge is 0.508 e. The van der Waals surface area contributed by atoms with Crippen LogP contribution in [0.5, 0.6) is 0 Å². The second-order valence-corrected chi connectivity index (χ2v) is 3.77. The lowest BCUT2D eigenvalue weighted by atomic mass is 10.1. The predicted molar refractivity (Wildman–Crippen MR) is 60.6 cm³/mol. The molecule has 19 heavy (non-hydrogen) atoms. The number of aromatic nitrogens is 4. The second-order valence-electron chi connectivity index (χ2n) is 3.77. The first-order valence-corrected chi connectivity index (χ1v) is 5.37. The minimum atomic E-state index is -1.04. The van der Waals surface area contributed by atoms with E-state index < -0.39 is 6.16 Å². The zero-order valence-electron chi connectivity index (χ0n) is 9.55. The van der Waals surface area contributed by atoms with Gasteiger partial charge in [-0.1, -0.05) is 29.1 Å². The molecule has 0 aliphatic heterocycles. The van der Waals surface area contributed by atoms with Crippen LogP contribution in [0.2, 0.25) is 0 Å². The van der Waals surface area contributed by atoms with Crippen molar-refractivity contribution in [1.82, 2.24) is 20.4 Å². The van der Waals surface area contributed by atoms with Crippen LogP contribution in [-0.4, -0.2) is 31.6 Å². The molecule has 1 aromatic heterocycles. The lowest BCUT2D eigenvalue weighted by Gasteiger charge is -2.06. The van der Waals surface area contributed by atoms with Crippen molar-refractivity contribution in [3.05, 3.63) is 47.5 Å². The summed E-state index contributed by atoms with van der Waals surface area (Å²) < 4.78 is 4.98. The van der Waals surface area contributed by atoms with Gasteiger partial charge in [0.25, 0.3) is 0 Å². The molecule has 0 unspecified atom stereocenters. The average molecular weight is 260 g/mol. The first-order valence-electron chi connectivity index (χ1n) is 5.37. The van der Waals surface area contributed by atoms with Gasteiger partial charge >= 0.3 is 6.16 Å². The fourth-order valence-corrected chi connectivity index (χ4v) is 1.80. The van der Waals surface area contributed by atoms with Crippen molar-refractivity contribution >= 4 is 11.9 Å². The largest absolute Gasteiger partial charge is 0.540 e. The zero-order valence-corrected chi connectivity index (χ0v) is 9.55. The van der Waals surface area contributed by atoms with E-state index in [1.807, 2.05) is 12.1 Å². The molecule has 0 saturated carbocycles. The van der Waals surface area contributed by atoms with Gasteiger partial charge in [-0.05, 0) is 16.0 Å². The lowest BCUT2D eigenvalue weighted by Crippen LogP contribution is -2.21. The van der Waals surface area contributed by atoms with Gasteiger partial charge < -0.3 is 9.84 Å². The molecule has 1 aromatic carbocycles. The van der Waals surface area contributed by atoms with Crippen LogP contribution in [0.4, 0.5) is 4.79 Å². The summed E-state index contributed by atoms with van der Waals surface area (Å²) in [4.78, 5) is 16.9. The topological polar surface area (TPSA) is 99.4 Å². The van der Waals surface area contributed by atoms with E-state index in [0.29, 0.717) is 12.0 Å². The number of aliphatic hydroxyl groups is 1. The Kier molecular flexibility index (Phi) is 2.60. The Balaban J connectivity index is 1.76. The first kappa shape index (κ1) is 11.2. The van der Waals surface area contributed by atoms with Gasteiger partial charge in [-0.15, -0.1) is 5.10 Å². The summed E-state index contributed by atoms with van der Waals surface area (Å²) in [5.74, 6) is 0.0727. The van der Waals surface area contributed by atoms with Crippen molar-refractivity contribution < 1.29 is 19.5 Å². The number of ether oxygens (including phenoxy) is 1. The van der Waals surface area contributed by atoms with Crippen LogP contribution in [0.1, 0.15) is 11.1 Å². The van der Waals surface area contributed by atoms with E-state index in [1.165, 1.54) is 0 Å². The Hall–Kier alpha value is -2.90. The van der Waals surface area contributed by atoms with Crippen molar-refractivity contribution in [2.24, 2.45) is 0 Å². The third kappa shape index (κ3) is 2.10. The number of hydrogen-bond donors (Lipinski definition) is 1. The van der Waals surface area contributed by atoms with Crippen LogP contribution < -0.4 is 4.84 Å². The highest BCUT2D eigenvalue weighted by Gasteiger charge is 2.25.